The molecule has 0 heterocycles. The number of ether oxygens (including phenoxy) is 2. The normalized spacial score (nSPS) is 10.9. The van der Waals surface area contributed by atoms with Gasteiger partial charge in [0.05, 0.1) is 6.61 Å². The second kappa shape index (κ2) is 18.1. The first-order valence-electron chi connectivity index (χ1n) is 12.3. The van der Waals surface area contributed by atoms with Gasteiger partial charge in [-0.1, -0.05) is 103 Å². The van der Waals surface area contributed by atoms with Crippen LogP contribution in [0, 0.1) is 0 Å². The van der Waals surface area contributed by atoms with Crippen molar-refractivity contribution in [2.45, 2.75) is 117 Å². The molecule has 0 saturated carbocycles. The largest absolute Gasteiger partial charge is 0.493 e. The summed E-state index contributed by atoms with van der Waals surface area (Å²) < 4.78 is 10.8. The average molecular weight is 420 g/mol. The van der Waals surface area contributed by atoms with Crippen LogP contribution in [-0.4, -0.2) is 12.6 Å². The molecular formula is C26H45NO3. The van der Waals surface area contributed by atoms with Crippen LogP contribution in [0.1, 0.15) is 117 Å². The number of benzene rings is 1. The third kappa shape index (κ3) is 15.2. The maximum Gasteiger partial charge on any atom is 0.308 e. The first-order valence-corrected chi connectivity index (χ1v) is 12.3. The fraction of sp³-hybridized carbons (Fsp3) is 0.731. The van der Waals surface area contributed by atoms with Crippen molar-refractivity contribution in [3.8, 4) is 11.5 Å². The predicted octanol–water partition coefficient (Wildman–Crippen LogP) is 7.83. The number of hydrogen-bond acceptors (Lipinski definition) is 4. The van der Waals surface area contributed by atoms with Crippen LogP contribution in [-0.2, 0) is 4.79 Å². The molecule has 0 saturated heterocycles. The number of hydrogen-bond donors (Lipinski definition) is 1. The molecule has 0 bridgehead atoms. The maximum atomic E-state index is 11.1. The van der Waals surface area contributed by atoms with Crippen molar-refractivity contribution in [1.29, 1.82) is 0 Å². The summed E-state index contributed by atoms with van der Waals surface area (Å²) in [6, 6.07) is 5.10. The van der Waals surface area contributed by atoms with E-state index in [4.69, 9.17) is 15.2 Å². The van der Waals surface area contributed by atoms with Crippen molar-refractivity contribution in [2.75, 3.05) is 12.3 Å². The molecule has 0 aliphatic heterocycles. The van der Waals surface area contributed by atoms with Crippen LogP contribution < -0.4 is 15.2 Å². The third-order valence-electron chi connectivity index (χ3n) is 5.43. The lowest BCUT2D eigenvalue weighted by atomic mass is 10.0. The minimum absolute atomic E-state index is 0.357. The monoisotopic (exact) mass is 419 g/mol. The van der Waals surface area contributed by atoms with E-state index < -0.39 is 0 Å². The maximum absolute atomic E-state index is 11.1. The molecule has 1 aromatic rings. The summed E-state index contributed by atoms with van der Waals surface area (Å²) in [6.45, 7) is 4.32. The standard InChI is InChI=1S/C26H45NO3/c1-3-4-5-6-7-8-9-10-11-12-13-14-15-16-17-18-19-29-25-20-24(27)21-26(22-25)30-23(2)28/h20-22H,3-19,27H2,1-2H3. The highest BCUT2D eigenvalue weighted by atomic mass is 16.5. The van der Waals surface area contributed by atoms with Gasteiger partial charge in [0, 0.05) is 30.8 Å². The molecule has 0 atom stereocenters. The zero-order valence-corrected chi connectivity index (χ0v) is 19.6. The van der Waals surface area contributed by atoms with Gasteiger partial charge in [0.2, 0.25) is 0 Å². The fourth-order valence-corrected chi connectivity index (χ4v) is 3.74. The molecule has 0 aliphatic carbocycles. The van der Waals surface area contributed by atoms with Gasteiger partial charge in [-0.15, -0.1) is 0 Å². The van der Waals surface area contributed by atoms with Crippen molar-refractivity contribution < 1.29 is 14.3 Å². The Kier molecular flexibility index (Phi) is 15.9. The van der Waals surface area contributed by atoms with Crippen molar-refractivity contribution in [3.05, 3.63) is 18.2 Å². The Morgan fingerprint density at radius 1 is 0.700 bits per heavy atom. The zero-order chi connectivity index (χ0) is 21.9. The summed E-state index contributed by atoms with van der Waals surface area (Å²) in [5, 5.41) is 0. The lowest BCUT2D eigenvalue weighted by Crippen LogP contribution is -2.03. The van der Waals surface area contributed by atoms with Crippen LogP contribution in [0.5, 0.6) is 11.5 Å². The molecule has 4 heteroatoms. The molecule has 0 fully saturated rings. The highest BCUT2D eigenvalue weighted by Crippen LogP contribution is 2.25. The molecule has 172 valence electrons. The molecule has 0 unspecified atom stereocenters. The summed E-state index contributed by atoms with van der Waals surface area (Å²) in [5.74, 6) is 0.737. The second-order valence-corrected chi connectivity index (χ2v) is 8.48. The van der Waals surface area contributed by atoms with Gasteiger partial charge in [0.1, 0.15) is 11.5 Å². The van der Waals surface area contributed by atoms with Gasteiger partial charge < -0.3 is 15.2 Å². The first kappa shape index (κ1) is 26.3. The van der Waals surface area contributed by atoms with E-state index in [0.29, 0.717) is 23.8 Å². The molecule has 0 amide bonds. The first-order chi connectivity index (χ1) is 14.6. The van der Waals surface area contributed by atoms with E-state index in [2.05, 4.69) is 6.92 Å². The lowest BCUT2D eigenvalue weighted by Gasteiger charge is -2.09. The van der Waals surface area contributed by atoms with Gasteiger partial charge in [-0.25, -0.2) is 0 Å². The van der Waals surface area contributed by atoms with Crippen molar-refractivity contribution >= 4 is 11.7 Å². The average Bonchev–Trinajstić information content (AvgIpc) is 2.69. The number of carbonyl (C=O) groups is 1. The molecule has 0 spiro atoms. The minimum atomic E-state index is -0.357. The Bertz CT molecular complexity index is 559. The van der Waals surface area contributed by atoms with Gasteiger partial charge in [0.15, 0.2) is 0 Å². The van der Waals surface area contributed by atoms with Crippen LogP contribution in [0.4, 0.5) is 5.69 Å². The second-order valence-electron chi connectivity index (χ2n) is 8.48. The highest BCUT2D eigenvalue weighted by molar-refractivity contribution is 5.70. The molecule has 30 heavy (non-hydrogen) atoms. The zero-order valence-electron chi connectivity index (χ0n) is 19.6. The Labute approximate surface area is 184 Å². The van der Waals surface area contributed by atoms with Crippen LogP contribution in [0.25, 0.3) is 0 Å². The molecule has 1 aromatic carbocycles. The summed E-state index contributed by atoms with van der Waals surface area (Å²) in [4.78, 5) is 11.1. The Morgan fingerprint density at radius 3 is 1.60 bits per heavy atom. The summed E-state index contributed by atoms with van der Waals surface area (Å²) >= 11 is 0. The quantitative estimate of drug-likeness (QED) is 0.107. The van der Waals surface area contributed by atoms with Crippen LogP contribution in [0.2, 0.25) is 0 Å². The van der Waals surface area contributed by atoms with E-state index in [1.807, 2.05) is 0 Å². The van der Waals surface area contributed by atoms with Crippen molar-refractivity contribution in [3.63, 3.8) is 0 Å². The molecule has 0 radical (unpaired) electrons. The van der Waals surface area contributed by atoms with Gasteiger partial charge >= 0.3 is 5.97 Å². The summed E-state index contributed by atoms with van der Waals surface area (Å²) in [7, 11) is 0. The SMILES string of the molecule is CCCCCCCCCCCCCCCCCCOc1cc(N)cc(OC(C)=O)c1. The van der Waals surface area contributed by atoms with E-state index in [0.717, 1.165) is 6.42 Å². The van der Waals surface area contributed by atoms with E-state index in [1.165, 1.54) is 103 Å². The molecular weight excluding hydrogens is 374 g/mol. The minimum Gasteiger partial charge on any atom is -0.493 e. The topological polar surface area (TPSA) is 61.6 Å². The Morgan fingerprint density at radius 2 is 1.13 bits per heavy atom. The van der Waals surface area contributed by atoms with Crippen molar-refractivity contribution in [2.24, 2.45) is 0 Å². The predicted molar refractivity (Wildman–Crippen MR) is 127 cm³/mol. The molecule has 4 nitrogen and oxygen atoms in total. The smallest absolute Gasteiger partial charge is 0.308 e. The number of nitrogen functional groups attached to an aromatic ring is 1. The Hall–Kier alpha value is -1.71. The molecule has 2 N–H and O–H groups in total. The van der Waals surface area contributed by atoms with E-state index in [1.54, 1.807) is 18.2 Å². The number of esters is 1. The molecule has 0 aliphatic rings. The fourth-order valence-electron chi connectivity index (χ4n) is 3.74. The number of unbranched alkanes of at least 4 members (excludes halogenated alkanes) is 15. The molecule has 1 rings (SSSR count). The van der Waals surface area contributed by atoms with Gasteiger partial charge in [-0.3, -0.25) is 4.79 Å². The summed E-state index contributed by atoms with van der Waals surface area (Å²) in [6.07, 6.45) is 21.7. The van der Waals surface area contributed by atoms with Gasteiger partial charge in [0.25, 0.3) is 0 Å². The van der Waals surface area contributed by atoms with Crippen LogP contribution in [0.15, 0.2) is 18.2 Å². The number of rotatable bonds is 19. The van der Waals surface area contributed by atoms with Crippen LogP contribution >= 0.6 is 0 Å². The van der Waals surface area contributed by atoms with Crippen molar-refractivity contribution in [1.82, 2.24) is 0 Å². The summed E-state index contributed by atoms with van der Waals surface area (Å²) in [5.41, 5.74) is 6.37. The third-order valence-corrected chi connectivity index (χ3v) is 5.43. The Balaban J connectivity index is 1.89. The van der Waals surface area contributed by atoms with E-state index in [9.17, 15) is 4.79 Å². The van der Waals surface area contributed by atoms with E-state index in [-0.39, 0.29) is 5.97 Å². The van der Waals surface area contributed by atoms with Gasteiger partial charge in [-0.2, -0.15) is 0 Å². The molecule has 0 aromatic heterocycles. The number of anilines is 1. The van der Waals surface area contributed by atoms with Crippen LogP contribution in [0.3, 0.4) is 0 Å². The lowest BCUT2D eigenvalue weighted by molar-refractivity contribution is -0.131. The highest BCUT2D eigenvalue weighted by Gasteiger charge is 2.04. The number of carbonyl (C=O) groups excluding carboxylic acids is 1. The number of nitrogens with two attached hydrogens (primary N) is 1. The van der Waals surface area contributed by atoms with Gasteiger partial charge in [-0.05, 0) is 6.42 Å². The van der Waals surface area contributed by atoms with E-state index >= 15 is 0 Å².